The lowest BCUT2D eigenvalue weighted by atomic mass is 9.48. The topological polar surface area (TPSA) is 62.2 Å². The number of piperidine rings is 1. The molecule has 0 radical (unpaired) electrons. The zero-order valence-corrected chi connectivity index (χ0v) is 18.4. The Bertz CT molecular complexity index is 1050. The zero-order chi connectivity index (χ0) is 21.5. The predicted octanol–water partition coefficient (Wildman–Crippen LogP) is 3.19. The molecule has 0 amide bonds. The third-order valence-corrected chi connectivity index (χ3v) is 8.95. The Morgan fingerprint density at radius 2 is 1.91 bits per heavy atom. The van der Waals surface area contributed by atoms with Crippen molar-refractivity contribution >= 4 is 0 Å². The molecule has 2 aromatic carbocycles. The second kappa shape index (κ2) is 6.72. The van der Waals surface area contributed by atoms with E-state index in [1.54, 1.807) is 0 Å². The average Bonchev–Trinajstić information content (AvgIpc) is 3.55. The fraction of sp³-hybridized carbons (Fsp3) is 0.556. The van der Waals surface area contributed by atoms with Crippen molar-refractivity contribution in [3.05, 3.63) is 59.2 Å². The minimum absolute atomic E-state index is 0.102. The van der Waals surface area contributed by atoms with Gasteiger partial charge in [0.15, 0.2) is 11.5 Å². The number of hydrogen-bond donors (Lipinski definition) is 2. The molecule has 1 saturated heterocycles. The van der Waals surface area contributed by atoms with Gasteiger partial charge in [-0.05, 0) is 68.2 Å². The quantitative estimate of drug-likeness (QED) is 0.758. The number of hydrogen-bond acceptors (Lipinski definition) is 5. The second-order valence-corrected chi connectivity index (χ2v) is 10.6. The first-order chi connectivity index (χ1) is 15.6. The van der Waals surface area contributed by atoms with Crippen molar-refractivity contribution in [1.82, 2.24) is 4.90 Å². The molecule has 2 saturated carbocycles. The summed E-state index contributed by atoms with van der Waals surface area (Å²) in [6, 6.07) is 14.5. The standard InChI is InChI=1S/C27H31NO4/c29-20-10-11-27(30)22-14-19-8-9-21(31-16-18-4-2-1-3-5-18)24-23(19)26(27,25(20)32-24)12-13-28(22)15-17-6-7-17/h1-5,8-9,17,20,22,25,29-30H,6-7,10-16H2/t20-,22-,25+,26+,27-/m1/s1. The molecule has 5 atom stereocenters. The van der Waals surface area contributed by atoms with Gasteiger partial charge in [-0.3, -0.25) is 4.90 Å². The van der Waals surface area contributed by atoms with E-state index in [4.69, 9.17) is 9.47 Å². The van der Waals surface area contributed by atoms with E-state index < -0.39 is 23.2 Å². The highest BCUT2D eigenvalue weighted by molar-refractivity contribution is 5.63. The minimum Gasteiger partial charge on any atom is -0.485 e. The number of likely N-dealkylation sites (tertiary alicyclic amines) is 1. The van der Waals surface area contributed by atoms with Crippen LogP contribution in [-0.4, -0.2) is 52.1 Å². The van der Waals surface area contributed by atoms with Crippen LogP contribution in [0.25, 0.3) is 0 Å². The molecule has 0 unspecified atom stereocenters. The van der Waals surface area contributed by atoms with Gasteiger partial charge in [0, 0.05) is 18.2 Å². The first kappa shape index (κ1) is 19.4. The van der Waals surface area contributed by atoms with Gasteiger partial charge in [-0.15, -0.1) is 0 Å². The van der Waals surface area contributed by atoms with Crippen LogP contribution in [0.1, 0.15) is 48.8 Å². The molecule has 0 aromatic heterocycles. The van der Waals surface area contributed by atoms with Crippen LogP contribution in [0.15, 0.2) is 42.5 Å². The van der Waals surface area contributed by atoms with E-state index in [-0.39, 0.29) is 6.04 Å². The van der Waals surface area contributed by atoms with Crippen molar-refractivity contribution in [2.75, 3.05) is 13.1 Å². The van der Waals surface area contributed by atoms with E-state index in [1.807, 2.05) is 24.3 Å². The Hall–Kier alpha value is -2.08. The number of nitrogens with zero attached hydrogens (tertiary/aromatic N) is 1. The largest absolute Gasteiger partial charge is 0.485 e. The average molecular weight is 434 g/mol. The Morgan fingerprint density at radius 1 is 1.06 bits per heavy atom. The van der Waals surface area contributed by atoms with E-state index in [9.17, 15) is 10.2 Å². The van der Waals surface area contributed by atoms with Gasteiger partial charge in [-0.25, -0.2) is 0 Å². The molecule has 2 bridgehead atoms. The number of benzene rings is 2. The summed E-state index contributed by atoms with van der Waals surface area (Å²) in [5.41, 5.74) is 2.09. The van der Waals surface area contributed by atoms with Gasteiger partial charge in [0.25, 0.3) is 0 Å². The molecule has 5 nitrogen and oxygen atoms in total. The maximum absolute atomic E-state index is 12.4. The van der Waals surface area contributed by atoms with Crippen molar-refractivity contribution < 1.29 is 19.7 Å². The van der Waals surface area contributed by atoms with Crippen LogP contribution in [0.2, 0.25) is 0 Å². The summed E-state index contributed by atoms with van der Waals surface area (Å²) < 4.78 is 12.8. The van der Waals surface area contributed by atoms with Crippen LogP contribution in [0.3, 0.4) is 0 Å². The van der Waals surface area contributed by atoms with E-state index in [0.717, 1.165) is 54.5 Å². The molecule has 168 valence electrons. The lowest BCUT2D eigenvalue weighted by Crippen LogP contribution is -2.77. The molecular weight excluding hydrogens is 402 g/mol. The first-order valence-corrected chi connectivity index (χ1v) is 12.2. The number of aliphatic hydroxyl groups excluding tert-OH is 1. The normalized spacial score (nSPS) is 37.0. The summed E-state index contributed by atoms with van der Waals surface area (Å²) in [6.45, 7) is 2.53. The van der Waals surface area contributed by atoms with Crippen LogP contribution in [0, 0.1) is 5.92 Å². The Labute approximate surface area is 189 Å². The third-order valence-electron chi connectivity index (χ3n) is 8.95. The van der Waals surface area contributed by atoms with E-state index in [1.165, 1.54) is 18.4 Å². The second-order valence-electron chi connectivity index (χ2n) is 10.6. The molecule has 32 heavy (non-hydrogen) atoms. The van der Waals surface area contributed by atoms with Gasteiger partial charge >= 0.3 is 0 Å². The first-order valence-electron chi connectivity index (χ1n) is 12.2. The van der Waals surface area contributed by atoms with Gasteiger partial charge in [-0.2, -0.15) is 0 Å². The summed E-state index contributed by atoms with van der Waals surface area (Å²) in [6.07, 6.45) is 4.57. The fourth-order valence-electron chi connectivity index (χ4n) is 7.29. The molecule has 2 aliphatic heterocycles. The smallest absolute Gasteiger partial charge is 0.166 e. The number of ether oxygens (including phenoxy) is 2. The van der Waals surface area contributed by atoms with Crippen LogP contribution in [-0.2, 0) is 18.4 Å². The summed E-state index contributed by atoms with van der Waals surface area (Å²) >= 11 is 0. The molecule has 2 N–H and O–H groups in total. The van der Waals surface area contributed by atoms with Crippen molar-refractivity contribution in [2.24, 2.45) is 5.92 Å². The maximum atomic E-state index is 12.4. The molecule has 7 rings (SSSR count). The Kier molecular flexibility index (Phi) is 4.07. The lowest BCUT2D eigenvalue weighted by Gasteiger charge is -2.63. The zero-order valence-electron chi connectivity index (χ0n) is 18.4. The molecule has 2 heterocycles. The van der Waals surface area contributed by atoms with Crippen molar-refractivity contribution in [3.63, 3.8) is 0 Å². The van der Waals surface area contributed by atoms with Crippen LogP contribution in [0.5, 0.6) is 11.5 Å². The summed E-state index contributed by atoms with van der Waals surface area (Å²) in [7, 11) is 0. The summed E-state index contributed by atoms with van der Waals surface area (Å²) in [4.78, 5) is 2.55. The van der Waals surface area contributed by atoms with E-state index in [0.29, 0.717) is 19.4 Å². The molecular formula is C27H31NO4. The minimum atomic E-state index is -0.861. The fourth-order valence-corrected chi connectivity index (χ4v) is 7.29. The molecule has 5 aliphatic rings. The summed E-state index contributed by atoms with van der Waals surface area (Å²) in [5.74, 6) is 2.28. The number of aliphatic hydroxyl groups is 2. The summed E-state index contributed by atoms with van der Waals surface area (Å²) in [5, 5.41) is 23.4. The van der Waals surface area contributed by atoms with Crippen molar-refractivity contribution in [3.8, 4) is 11.5 Å². The van der Waals surface area contributed by atoms with Crippen LogP contribution in [0.4, 0.5) is 0 Å². The highest BCUT2D eigenvalue weighted by Gasteiger charge is 2.73. The van der Waals surface area contributed by atoms with Gasteiger partial charge < -0.3 is 19.7 Å². The highest BCUT2D eigenvalue weighted by Crippen LogP contribution is 2.65. The van der Waals surface area contributed by atoms with Gasteiger partial charge in [0.05, 0.1) is 17.1 Å². The maximum Gasteiger partial charge on any atom is 0.166 e. The SMILES string of the molecule is O[C@@H]1CC[C@@]2(O)[C@H]3Cc4ccc(OCc5ccccc5)c5c4[C@@]2(CCN3CC2CC2)[C@H]1O5. The lowest BCUT2D eigenvalue weighted by molar-refractivity contribution is -0.208. The molecule has 2 aromatic rings. The number of rotatable bonds is 5. The Morgan fingerprint density at radius 3 is 2.72 bits per heavy atom. The van der Waals surface area contributed by atoms with Crippen molar-refractivity contribution in [1.29, 1.82) is 0 Å². The van der Waals surface area contributed by atoms with Crippen molar-refractivity contribution in [2.45, 2.75) is 74.4 Å². The van der Waals surface area contributed by atoms with Crippen LogP contribution < -0.4 is 9.47 Å². The van der Waals surface area contributed by atoms with Gasteiger partial charge in [-0.1, -0.05) is 36.4 Å². The molecule has 3 aliphatic carbocycles. The van der Waals surface area contributed by atoms with E-state index in [2.05, 4.69) is 23.1 Å². The van der Waals surface area contributed by atoms with Gasteiger partial charge in [0.2, 0.25) is 0 Å². The van der Waals surface area contributed by atoms with Crippen LogP contribution >= 0.6 is 0 Å². The monoisotopic (exact) mass is 433 g/mol. The molecule has 5 heteroatoms. The highest BCUT2D eigenvalue weighted by atomic mass is 16.5. The Balaban J connectivity index is 1.31. The predicted molar refractivity (Wildman–Crippen MR) is 120 cm³/mol. The van der Waals surface area contributed by atoms with E-state index >= 15 is 0 Å². The van der Waals surface area contributed by atoms with Gasteiger partial charge in [0.1, 0.15) is 12.7 Å². The molecule has 1 spiro atoms. The molecule has 3 fully saturated rings. The third kappa shape index (κ3) is 2.50.